The molecule has 0 amide bonds. The van der Waals surface area contributed by atoms with Crippen LogP contribution in [0.5, 0.6) is 0 Å². The van der Waals surface area contributed by atoms with Gasteiger partial charge >= 0.3 is 0 Å². The van der Waals surface area contributed by atoms with Gasteiger partial charge in [-0.15, -0.1) is 12.3 Å². The highest BCUT2D eigenvalue weighted by Gasteiger charge is 1.90. The van der Waals surface area contributed by atoms with E-state index in [9.17, 15) is 0 Å². The van der Waals surface area contributed by atoms with Crippen molar-refractivity contribution in [2.45, 2.75) is 25.4 Å². The van der Waals surface area contributed by atoms with Gasteiger partial charge in [0.1, 0.15) is 6.10 Å². The zero-order chi connectivity index (χ0) is 9.94. The van der Waals surface area contributed by atoms with Crippen LogP contribution in [-0.4, -0.2) is 22.9 Å². The molecule has 0 unspecified atom stereocenters. The Hall–Kier alpha value is -1.40. The maximum absolute atomic E-state index is 8.78. The zero-order valence-corrected chi connectivity index (χ0v) is 7.38. The lowest BCUT2D eigenvalue weighted by Gasteiger charge is -1.90. The molecule has 0 aromatic rings. The van der Waals surface area contributed by atoms with Crippen molar-refractivity contribution in [3.63, 3.8) is 0 Å². The number of aliphatic hydroxyl groups excluding tert-OH is 2. The third kappa shape index (κ3) is 8.51. The molecule has 0 aliphatic rings. The largest absolute Gasteiger partial charge is 0.393 e. The molecule has 0 saturated carbocycles. The van der Waals surface area contributed by atoms with Gasteiger partial charge in [0.2, 0.25) is 0 Å². The number of aliphatic hydroxyl groups is 2. The molecule has 2 heteroatoms. The molecule has 0 aliphatic carbocycles. The minimum absolute atomic E-state index is 0.355. The normalized spacial score (nSPS) is 9.92. The Labute approximate surface area is 79.0 Å². The van der Waals surface area contributed by atoms with Crippen LogP contribution in [0.15, 0.2) is 0 Å². The molecule has 13 heavy (non-hydrogen) atoms. The van der Waals surface area contributed by atoms with Gasteiger partial charge in [-0.1, -0.05) is 11.8 Å². The SMILES string of the molecule is C#CCCCC#CC#C[C@H](O)CO. The molecule has 0 spiro atoms. The van der Waals surface area contributed by atoms with Gasteiger partial charge in [-0.2, -0.15) is 0 Å². The van der Waals surface area contributed by atoms with Gasteiger partial charge in [-0.25, -0.2) is 0 Å². The highest BCUT2D eigenvalue weighted by molar-refractivity contribution is 5.27. The fourth-order valence-electron chi connectivity index (χ4n) is 0.551. The van der Waals surface area contributed by atoms with Crippen molar-refractivity contribution in [2.75, 3.05) is 6.61 Å². The van der Waals surface area contributed by atoms with Gasteiger partial charge in [0.05, 0.1) is 6.61 Å². The van der Waals surface area contributed by atoms with Crippen LogP contribution in [0.4, 0.5) is 0 Å². The van der Waals surface area contributed by atoms with Gasteiger partial charge in [0, 0.05) is 12.8 Å². The summed E-state index contributed by atoms with van der Waals surface area (Å²) < 4.78 is 0. The minimum atomic E-state index is -0.986. The smallest absolute Gasteiger partial charge is 0.138 e. The number of rotatable bonds is 3. The van der Waals surface area contributed by atoms with E-state index in [1.54, 1.807) is 0 Å². The lowest BCUT2D eigenvalue weighted by molar-refractivity contribution is 0.138. The first kappa shape index (κ1) is 11.6. The molecule has 68 valence electrons. The number of hydrogen-bond acceptors (Lipinski definition) is 2. The van der Waals surface area contributed by atoms with E-state index >= 15 is 0 Å². The molecule has 2 nitrogen and oxygen atoms in total. The van der Waals surface area contributed by atoms with Crippen LogP contribution >= 0.6 is 0 Å². The van der Waals surface area contributed by atoms with E-state index in [1.165, 1.54) is 0 Å². The fourth-order valence-corrected chi connectivity index (χ4v) is 0.551. The lowest BCUT2D eigenvalue weighted by Crippen LogP contribution is -2.07. The Morgan fingerprint density at radius 3 is 2.62 bits per heavy atom. The van der Waals surface area contributed by atoms with Crippen LogP contribution in [0.25, 0.3) is 0 Å². The van der Waals surface area contributed by atoms with Crippen molar-refractivity contribution < 1.29 is 10.2 Å². The van der Waals surface area contributed by atoms with E-state index in [1.807, 2.05) is 0 Å². The number of terminal acetylenes is 1. The first-order chi connectivity index (χ1) is 6.31. The van der Waals surface area contributed by atoms with Crippen LogP contribution < -0.4 is 0 Å². The van der Waals surface area contributed by atoms with E-state index in [-0.39, 0.29) is 6.61 Å². The maximum Gasteiger partial charge on any atom is 0.138 e. The summed E-state index contributed by atoms with van der Waals surface area (Å²) in [4.78, 5) is 0. The first-order valence-electron chi connectivity index (χ1n) is 4.02. The molecule has 0 radical (unpaired) electrons. The molecule has 0 aromatic carbocycles. The Bertz CT molecular complexity index is 277. The molecular weight excluding hydrogens is 164 g/mol. The minimum Gasteiger partial charge on any atom is -0.393 e. The molecule has 0 bridgehead atoms. The summed E-state index contributed by atoms with van der Waals surface area (Å²) >= 11 is 0. The van der Waals surface area contributed by atoms with Crippen LogP contribution in [0, 0.1) is 36.0 Å². The first-order valence-corrected chi connectivity index (χ1v) is 4.02. The van der Waals surface area contributed by atoms with Crippen LogP contribution in [-0.2, 0) is 0 Å². The van der Waals surface area contributed by atoms with Gasteiger partial charge in [0.15, 0.2) is 0 Å². The predicted molar refractivity (Wildman–Crippen MR) is 51.3 cm³/mol. The molecule has 1 atom stereocenters. The summed E-state index contributed by atoms with van der Waals surface area (Å²) in [5.41, 5.74) is 0. The van der Waals surface area contributed by atoms with Gasteiger partial charge in [-0.3, -0.25) is 0 Å². The Kier molecular flexibility index (Phi) is 7.76. The van der Waals surface area contributed by atoms with E-state index in [2.05, 4.69) is 29.6 Å². The van der Waals surface area contributed by atoms with E-state index < -0.39 is 6.10 Å². The number of unbranched alkanes of at least 4 members (excludes halogenated alkanes) is 2. The summed E-state index contributed by atoms with van der Waals surface area (Å²) in [7, 11) is 0. The fraction of sp³-hybridized carbons (Fsp3) is 0.455. The van der Waals surface area contributed by atoms with E-state index in [0.717, 1.165) is 12.8 Å². The van der Waals surface area contributed by atoms with Crippen molar-refractivity contribution in [1.29, 1.82) is 0 Å². The Morgan fingerprint density at radius 1 is 1.23 bits per heavy atom. The quantitative estimate of drug-likeness (QED) is 0.474. The second kappa shape index (κ2) is 8.69. The standard InChI is InChI=1S/C11H12O2/c1-2-3-4-5-6-7-8-9-11(13)10-12/h1,11-13H,3-5,10H2/t11-/m0/s1. The molecule has 0 saturated heterocycles. The Balaban J connectivity index is 3.59. The second-order valence-electron chi connectivity index (χ2n) is 2.33. The summed E-state index contributed by atoms with van der Waals surface area (Å²) in [5, 5.41) is 17.2. The molecule has 0 aromatic heterocycles. The molecule has 0 heterocycles. The van der Waals surface area contributed by atoms with Crippen LogP contribution in [0.3, 0.4) is 0 Å². The zero-order valence-electron chi connectivity index (χ0n) is 7.38. The highest BCUT2D eigenvalue weighted by Crippen LogP contribution is 1.89. The van der Waals surface area contributed by atoms with Crippen molar-refractivity contribution in [3.8, 4) is 36.0 Å². The van der Waals surface area contributed by atoms with Gasteiger partial charge < -0.3 is 10.2 Å². The van der Waals surface area contributed by atoms with E-state index in [4.69, 9.17) is 16.6 Å². The molecule has 0 fully saturated rings. The molecule has 0 aliphatic heterocycles. The van der Waals surface area contributed by atoms with Crippen LogP contribution in [0.1, 0.15) is 19.3 Å². The van der Waals surface area contributed by atoms with Crippen molar-refractivity contribution in [1.82, 2.24) is 0 Å². The lowest BCUT2D eigenvalue weighted by atomic mass is 10.2. The van der Waals surface area contributed by atoms with E-state index in [0.29, 0.717) is 6.42 Å². The summed E-state index contributed by atoms with van der Waals surface area (Å²) in [5.74, 6) is 12.7. The van der Waals surface area contributed by atoms with Crippen molar-refractivity contribution in [3.05, 3.63) is 0 Å². The summed E-state index contributed by atoms with van der Waals surface area (Å²) in [6.45, 7) is -0.355. The van der Waals surface area contributed by atoms with Gasteiger partial charge in [0.25, 0.3) is 0 Å². The monoisotopic (exact) mass is 176 g/mol. The molecule has 0 rings (SSSR count). The predicted octanol–water partition coefficient (Wildman–Crippen LogP) is 0.150. The topological polar surface area (TPSA) is 40.5 Å². The van der Waals surface area contributed by atoms with Crippen molar-refractivity contribution >= 4 is 0 Å². The second-order valence-corrected chi connectivity index (χ2v) is 2.33. The maximum atomic E-state index is 8.78. The van der Waals surface area contributed by atoms with Crippen molar-refractivity contribution in [2.24, 2.45) is 0 Å². The third-order valence-corrected chi connectivity index (χ3v) is 1.19. The average Bonchev–Trinajstić information content (AvgIpc) is 2.16. The summed E-state index contributed by atoms with van der Waals surface area (Å²) in [6.07, 6.45) is 6.36. The van der Waals surface area contributed by atoms with Crippen LogP contribution in [0.2, 0.25) is 0 Å². The molecule has 2 N–H and O–H groups in total. The summed E-state index contributed by atoms with van der Waals surface area (Å²) in [6, 6.07) is 0. The third-order valence-electron chi connectivity index (χ3n) is 1.19. The Morgan fingerprint density at radius 2 is 2.00 bits per heavy atom. The molecular formula is C11H12O2. The van der Waals surface area contributed by atoms with Gasteiger partial charge in [-0.05, 0) is 18.3 Å². The number of hydrogen-bond donors (Lipinski definition) is 2. The highest BCUT2D eigenvalue weighted by atomic mass is 16.3. The average molecular weight is 176 g/mol.